The summed E-state index contributed by atoms with van der Waals surface area (Å²) in [5, 5.41) is 8.64. The molecule has 0 radical (unpaired) electrons. The van der Waals surface area contributed by atoms with Gasteiger partial charge in [0, 0.05) is 13.0 Å². The molecule has 0 aromatic rings. The van der Waals surface area contributed by atoms with E-state index in [4.69, 9.17) is 10.8 Å². The number of hydrogen-bond donors (Lipinski definition) is 2. The van der Waals surface area contributed by atoms with Gasteiger partial charge in [0.1, 0.15) is 5.54 Å². The molecule has 0 unspecified atom stereocenters. The molecule has 132 valence electrons. The van der Waals surface area contributed by atoms with Crippen LogP contribution < -0.4 is 5.73 Å². The first-order valence-corrected chi connectivity index (χ1v) is 8.86. The van der Waals surface area contributed by atoms with E-state index in [2.05, 4.69) is 18.8 Å². The monoisotopic (exact) mass is 325 g/mol. The lowest BCUT2D eigenvalue weighted by atomic mass is 9.87. The largest absolute Gasteiger partial charge is 0.481 e. The van der Waals surface area contributed by atoms with Crippen molar-refractivity contribution >= 4 is 17.8 Å². The van der Waals surface area contributed by atoms with Crippen LogP contribution in [0.15, 0.2) is 4.99 Å². The number of carbonyl (C=O) groups is 2. The molecule has 23 heavy (non-hydrogen) atoms. The lowest BCUT2D eigenvalue weighted by molar-refractivity contribution is -0.137. The lowest BCUT2D eigenvalue weighted by Crippen LogP contribution is -2.44. The SMILES string of the molecule is CCCCC1(CCCC)N=C(N)N(CCCCCC(=O)O)C1=O. The van der Waals surface area contributed by atoms with E-state index < -0.39 is 11.5 Å². The van der Waals surface area contributed by atoms with Crippen LogP contribution in [0.4, 0.5) is 0 Å². The van der Waals surface area contributed by atoms with Gasteiger partial charge in [0.25, 0.3) is 5.91 Å². The Balaban J connectivity index is 2.60. The van der Waals surface area contributed by atoms with Crippen LogP contribution in [-0.4, -0.2) is 39.9 Å². The maximum atomic E-state index is 12.9. The van der Waals surface area contributed by atoms with Gasteiger partial charge in [-0.05, 0) is 25.7 Å². The number of guanidine groups is 1. The van der Waals surface area contributed by atoms with Gasteiger partial charge in [-0.1, -0.05) is 46.0 Å². The lowest BCUT2D eigenvalue weighted by Gasteiger charge is -2.26. The summed E-state index contributed by atoms with van der Waals surface area (Å²) >= 11 is 0. The van der Waals surface area contributed by atoms with E-state index in [-0.39, 0.29) is 12.3 Å². The first kappa shape index (κ1) is 19.5. The summed E-state index contributed by atoms with van der Waals surface area (Å²) in [7, 11) is 0. The van der Waals surface area contributed by atoms with Crippen LogP contribution in [-0.2, 0) is 9.59 Å². The number of carboxylic acids is 1. The third-order valence-corrected chi connectivity index (χ3v) is 4.41. The zero-order chi connectivity index (χ0) is 17.3. The normalized spacial score (nSPS) is 16.7. The van der Waals surface area contributed by atoms with E-state index in [0.29, 0.717) is 18.9 Å². The molecule has 6 nitrogen and oxygen atoms in total. The summed E-state index contributed by atoms with van der Waals surface area (Å²) in [6.07, 6.45) is 7.87. The number of rotatable bonds is 12. The molecule has 0 aromatic carbocycles. The average molecular weight is 325 g/mol. The van der Waals surface area contributed by atoms with Crippen LogP contribution in [0.3, 0.4) is 0 Å². The topological polar surface area (TPSA) is 96.0 Å². The summed E-state index contributed by atoms with van der Waals surface area (Å²) in [5.41, 5.74) is 5.36. The van der Waals surface area contributed by atoms with E-state index >= 15 is 0 Å². The fraction of sp³-hybridized carbons (Fsp3) is 0.824. The molecule has 1 aliphatic heterocycles. The zero-order valence-corrected chi connectivity index (χ0v) is 14.5. The van der Waals surface area contributed by atoms with Crippen molar-refractivity contribution in [2.75, 3.05) is 6.54 Å². The molecular formula is C17H31N3O3. The van der Waals surface area contributed by atoms with E-state index in [1.165, 1.54) is 0 Å². The van der Waals surface area contributed by atoms with Crippen LogP contribution in [0.25, 0.3) is 0 Å². The average Bonchev–Trinajstić information content (AvgIpc) is 2.74. The molecule has 1 aliphatic rings. The Morgan fingerprint density at radius 2 is 1.74 bits per heavy atom. The summed E-state index contributed by atoms with van der Waals surface area (Å²) < 4.78 is 0. The molecule has 6 heteroatoms. The minimum Gasteiger partial charge on any atom is -0.481 e. The molecule has 1 rings (SSSR count). The van der Waals surface area contributed by atoms with Crippen molar-refractivity contribution in [1.29, 1.82) is 0 Å². The third kappa shape index (κ3) is 5.52. The molecule has 0 spiro atoms. The van der Waals surface area contributed by atoms with Crippen molar-refractivity contribution in [3.05, 3.63) is 0 Å². The predicted molar refractivity (Wildman–Crippen MR) is 91.2 cm³/mol. The van der Waals surface area contributed by atoms with Crippen molar-refractivity contribution < 1.29 is 14.7 Å². The van der Waals surface area contributed by atoms with Gasteiger partial charge in [-0.25, -0.2) is 4.99 Å². The van der Waals surface area contributed by atoms with Gasteiger partial charge in [-0.3, -0.25) is 14.5 Å². The second kappa shape index (κ2) is 9.53. The third-order valence-electron chi connectivity index (χ3n) is 4.41. The van der Waals surface area contributed by atoms with Crippen molar-refractivity contribution in [3.8, 4) is 0 Å². The number of carbonyl (C=O) groups excluding carboxylic acids is 1. The van der Waals surface area contributed by atoms with E-state index in [1.807, 2.05) is 0 Å². The van der Waals surface area contributed by atoms with E-state index in [9.17, 15) is 9.59 Å². The van der Waals surface area contributed by atoms with E-state index in [1.54, 1.807) is 4.90 Å². The molecule has 1 heterocycles. The Labute approximate surface area is 139 Å². The van der Waals surface area contributed by atoms with Gasteiger partial charge in [0.2, 0.25) is 0 Å². The molecule has 0 atom stereocenters. The first-order valence-electron chi connectivity index (χ1n) is 8.86. The molecular weight excluding hydrogens is 294 g/mol. The molecule has 0 aromatic heterocycles. The number of carboxylic acid groups (broad SMARTS) is 1. The molecule has 0 bridgehead atoms. The predicted octanol–water partition coefficient (Wildman–Crippen LogP) is 2.91. The van der Waals surface area contributed by atoms with E-state index in [0.717, 1.165) is 51.4 Å². The molecule has 0 saturated carbocycles. The van der Waals surface area contributed by atoms with Crippen molar-refractivity contribution in [2.45, 2.75) is 83.6 Å². The van der Waals surface area contributed by atoms with Crippen LogP contribution in [0.1, 0.15) is 78.1 Å². The van der Waals surface area contributed by atoms with Gasteiger partial charge in [0.05, 0.1) is 0 Å². The number of nitrogens with zero attached hydrogens (tertiary/aromatic N) is 2. The highest BCUT2D eigenvalue weighted by atomic mass is 16.4. The summed E-state index contributed by atoms with van der Waals surface area (Å²) in [5.74, 6) is -0.406. The Bertz CT molecular complexity index is 427. The number of aliphatic imine (C=N–C) groups is 1. The highest BCUT2D eigenvalue weighted by Crippen LogP contribution is 2.33. The van der Waals surface area contributed by atoms with Crippen LogP contribution in [0.5, 0.6) is 0 Å². The first-order chi connectivity index (χ1) is 11.0. The standard InChI is InChI=1S/C17H31N3O3/c1-3-5-11-17(12-6-4-2)15(23)20(16(18)19-17)13-9-7-8-10-14(21)22/h3-13H2,1-2H3,(H2,18,19)(H,21,22). The fourth-order valence-electron chi connectivity index (χ4n) is 3.01. The quantitative estimate of drug-likeness (QED) is 0.539. The molecule has 0 saturated heterocycles. The Hall–Kier alpha value is -1.59. The number of aliphatic carboxylic acids is 1. The summed E-state index contributed by atoms with van der Waals surface area (Å²) in [6, 6.07) is 0. The number of unbranched alkanes of at least 4 members (excludes halogenated alkanes) is 4. The highest BCUT2D eigenvalue weighted by Gasteiger charge is 2.46. The van der Waals surface area contributed by atoms with Crippen LogP contribution in [0.2, 0.25) is 0 Å². The van der Waals surface area contributed by atoms with Crippen molar-refractivity contribution in [3.63, 3.8) is 0 Å². The smallest absolute Gasteiger partial charge is 0.303 e. The fourth-order valence-corrected chi connectivity index (χ4v) is 3.01. The summed E-state index contributed by atoms with van der Waals surface area (Å²) in [4.78, 5) is 29.5. The van der Waals surface area contributed by atoms with Gasteiger partial charge in [0.15, 0.2) is 5.96 Å². The summed E-state index contributed by atoms with van der Waals surface area (Å²) in [6.45, 7) is 4.76. The van der Waals surface area contributed by atoms with Gasteiger partial charge < -0.3 is 10.8 Å². The number of amides is 1. The zero-order valence-electron chi connectivity index (χ0n) is 14.5. The van der Waals surface area contributed by atoms with Gasteiger partial charge in [-0.15, -0.1) is 0 Å². The minimum atomic E-state index is -0.776. The second-order valence-electron chi connectivity index (χ2n) is 6.37. The highest BCUT2D eigenvalue weighted by molar-refractivity contribution is 6.06. The molecule has 0 aliphatic carbocycles. The number of nitrogens with two attached hydrogens (primary N) is 1. The van der Waals surface area contributed by atoms with Crippen molar-refractivity contribution in [2.24, 2.45) is 10.7 Å². The molecule has 0 fully saturated rings. The van der Waals surface area contributed by atoms with Crippen LogP contribution >= 0.6 is 0 Å². The molecule has 1 amide bonds. The molecule has 3 N–H and O–H groups in total. The van der Waals surface area contributed by atoms with Gasteiger partial charge in [-0.2, -0.15) is 0 Å². The maximum absolute atomic E-state index is 12.9. The maximum Gasteiger partial charge on any atom is 0.303 e. The Morgan fingerprint density at radius 1 is 1.13 bits per heavy atom. The second-order valence-corrected chi connectivity index (χ2v) is 6.37. The van der Waals surface area contributed by atoms with Crippen LogP contribution in [0, 0.1) is 0 Å². The Kier molecular flexibility index (Phi) is 8.06. The number of hydrogen-bond acceptors (Lipinski definition) is 4. The Morgan fingerprint density at radius 3 is 2.26 bits per heavy atom. The minimum absolute atomic E-state index is 0.0372. The van der Waals surface area contributed by atoms with Crippen molar-refractivity contribution in [1.82, 2.24) is 4.90 Å². The van der Waals surface area contributed by atoms with Gasteiger partial charge >= 0.3 is 5.97 Å².